The first-order chi connectivity index (χ1) is 8.58. The van der Waals surface area contributed by atoms with Crippen molar-refractivity contribution in [2.45, 2.75) is 18.9 Å². The average molecular weight is 291 g/mol. The molecule has 0 radical (unpaired) electrons. The molecule has 6 heteroatoms. The topological polar surface area (TPSA) is 55.8 Å². The highest BCUT2D eigenvalue weighted by Gasteiger charge is 2.20. The van der Waals surface area contributed by atoms with Crippen LogP contribution in [-0.4, -0.2) is 30.4 Å². The number of carboxylic acid groups (broad SMARTS) is 1. The van der Waals surface area contributed by atoms with Gasteiger partial charge in [-0.15, -0.1) is 0 Å². The summed E-state index contributed by atoms with van der Waals surface area (Å²) in [7, 11) is 0. The molecule has 1 aromatic rings. The van der Waals surface area contributed by atoms with E-state index in [0.29, 0.717) is 13.2 Å². The van der Waals surface area contributed by atoms with E-state index in [2.05, 4.69) is 0 Å². The highest BCUT2D eigenvalue weighted by atomic mass is 35.5. The zero-order chi connectivity index (χ0) is 13.1. The lowest BCUT2D eigenvalue weighted by atomic mass is 10.2. The molecule has 1 unspecified atom stereocenters. The summed E-state index contributed by atoms with van der Waals surface area (Å²) in [4.78, 5) is 11.1. The molecule has 2 rings (SSSR count). The molecule has 1 aliphatic heterocycles. The molecule has 1 aromatic carbocycles. The maximum atomic E-state index is 11.1. The molecule has 0 saturated carbocycles. The van der Waals surface area contributed by atoms with Gasteiger partial charge in [-0.05, 0) is 25.0 Å². The van der Waals surface area contributed by atoms with Crippen LogP contribution in [0.1, 0.15) is 23.2 Å². The summed E-state index contributed by atoms with van der Waals surface area (Å²) >= 11 is 11.7. The maximum Gasteiger partial charge on any atom is 0.339 e. The molecule has 0 spiro atoms. The van der Waals surface area contributed by atoms with Gasteiger partial charge in [-0.2, -0.15) is 0 Å². The first-order valence-corrected chi connectivity index (χ1v) is 6.30. The van der Waals surface area contributed by atoms with Crippen molar-refractivity contribution in [1.29, 1.82) is 0 Å². The molecule has 1 aliphatic rings. The maximum absolute atomic E-state index is 11.1. The molecule has 1 fully saturated rings. The van der Waals surface area contributed by atoms with Gasteiger partial charge in [0.1, 0.15) is 12.2 Å². The lowest BCUT2D eigenvalue weighted by Gasteiger charge is -2.14. The molecule has 1 atom stereocenters. The minimum absolute atomic E-state index is 0.00149. The summed E-state index contributed by atoms with van der Waals surface area (Å²) in [5.41, 5.74) is -0.0366. The quantitative estimate of drug-likeness (QED) is 0.925. The predicted octanol–water partition coefficient (Wildman–Crippen LogP) is 3.25. The van der Waals surface area contributed by atoms with Crippen molar-refractivity contribution in [2.24, 2.45) is 0 Å². The van der Waals surface area contributed by atoms with Crippen LogP contribution in [0.4, 0.5) is 0 Å². The number of ether oxygens (including phenoxy) is 2. The van der Waals surface area contributed by atoms with Gasteiger partial charge in [0.15, 0.2) is 5.75 Å². The van der Waals surface area contributed by atoms with E-state index in [1.807, 2.05) is 0 Å². The second kappa shape index (κ2) is 5.78. The molecule has 0 bridgehead atoms. The normalized spacial score (nSPS) is 18.9. The number of benzene rings is 1. The third-order valence-corrected chi connectivity index (χ3v) is 3.18. The van der Waals surface area contributed by atoms with Crippen LogP contribution in [0.3, 0.4) is 0 Å². The van der Waals surface area contributed by atoms with Gasteiger partial charge >= 0.3 is 5.97 Å². The van der Waals surface area contributed by atoms with Crippen molar-refractivity contribution in [2.75, 3.05) is 13.2 Å². The smallest absolute Gasteiger partial charge is 0.339 e. The first kappa shape index (κ1) is 13.5. The van der Waals surface area contributed by atoms with E-state index in [9.17, 15) is 4.79 Å². The monoisotopic (exact) mass is 290 g/mol. The molecular formula is C12H12Cl2O4. The number of rotatable bonds is 4. The van der Waals surface area contributed by atoms with Crippen molar-refractivity contribution in [1.82, 2.24) is 0 Å². The number of carbonyl (C=O) groups is 1. The zero-order valence-electron chi connectivity index (χ0n) is 9.49. The SMILES string of the molecule is O=C(O)c1cc(Cl)cc(Cl)c1OCC1CCCO1. The summed E-state index contributed by atoms with van der Waals surface area (Å²) < 4.78 is 10.9. The van der Waals surface area contributed by atoms with Gasteiger partial charge in [0, 0.05) is 11.6 Å². The predicted molar refractivity (Wildman–Crippen MR) is 67.9 cm³/mol. The van der Waals surface area contributed by atoms with Crippen LogP contribution in [0.15, 0.2) is 12.1 Å². The van der Waals surface area contributed by atoms with Gasteiger partial charge < -0.3 is 14.6 Å². The fraction of sp³-hybridized carbons (Fsp3) is 0.417. The zero-order valence-corrected chi connectivity index (χ0v) is 11.0. The van der Waals surface area contributed by atoms with E-state index in [4.69, 9.17) is 37.8 Å². The summed E-state index contributed by atoms with van der Waals surface area (Å²) in [5, 5.41) is 9.54. The van der Waals surface area contributed by atoms with Gasteiger partial charge in [-0.25, -0.2) is 4.79 Å². The van der Waals surface area contributed by atoms with Crippen molar-refractivity contribution in [3.8, 4) is 5.75 Å². The molecule has 0 aliphatic carbocycles. The van der Waals surface area contributed by atoms with Crippen molar-refractivity contribution in [3.05, 3.63) is 27.7 Å². The summed E-state index contributed by atoms with van der Waals surface area (Å²) in [6.45, 7) is 1.01. The standard InChI is InChI=1S/C12H12Cl2O4/c13-7-4-9(12(15)16)11(10(14)5-7)18-6-8-2-1-3-17-8/h4-5,8H,1-3,6H2,(H,15,16). The molecule has 18 heavy (non-hydrogen) atoms. The minimum atomic E-state index is -1.12. The highest BCUT2D eigenvalue weighted by Crippen LogP contribution is 2.33. The molecule has 1 saturated heterocycles. The summed E-state index contributed by atoms with van der Waals surface area (Å²) in [6.07, 6.45) is 1.90. The lowest BCUT2D eigenvalue weighted by Crippen LogP contribution is -2.17. The fourth-order valence-corrected chi connectivity index (χ4v) is 2.37. The Bertz CT molecular complexity index is 456. The fourth-order valence-electron chi connectivity index (χ4n) is 1.82. The third-order valence-electron chi connectivity index (χ3n) is 2.68. The molecule has 4 nitrogen and oxygen atoms in total. The first-order valence-electron chi connectivity index (χ1n) is 5.54. The van der Waals surface area contributed by atoms with Gasteiger partial charge in [-0.3, -0.25) is 0 Å². The van der Waals surface area contributed by atoms with Gasteiger partial charge in [-0.1, -0.05) is 23.2 Å². The van der Waals surface area contributed by atoms with E-state index < -0.39 is 5.97 Å². The van der Waals surface area contributed by atoms with E-state index in [0.717, 1.165) is 12.8 Å². The van der Waals surface area contributed by atoms with Gasteiger partial charge in [0.25, 0.3) is 0 Å². The van der Waals surface area contributed by atoms with E-state index >= 15 is 0 Å². The third kappa shape index (κ3) is 3.07. The van der Waals surface area contributed by atoms with Crippen LogP contribution in [0.25, 0.3) is 0 Å². The minimum Gasteiger partial charge on any atom is -0.488 e. The van der Waals surface area contributed by atoms with E-state index in [1.165, 1.54) is 12.1 Å². The Morgan fingerprint density at radius 1 is 1.50 bits per heavy atom. The molecule has 0 amide bonds. The number of halogens is 2. The Balaban J connectivity index is 2.17. The summed E-state index contributed by atoms with van der Waals surface area (Å²) in [5.74, 6) is -0.981. The van der Waals surface area contributed by atoms with E-state index in [-0.39, 0.29) is 27.5 Å². The van der Waals surface area contributed by atoms with Crippen LogP contribution < -0.4 is 4.74 Å². The molecule has 0 aromatic heterocycles. The average Bonchev–Trinajstić information content (AvgIpc) is 2.79. The van der Waals surface area contributed by atoms with Crippen LogP contribution in [0.5, 0.6) is 5.75 Å². The van der Waals surface area contributed by atoms with Gasteiger partial charge in [0.2, 0.25) is 0 Å². The Kier molecular flexibility index (Phi) is 4.32. The van der Waals surface area contributed by atoms with Crippen molar-refractivity contribution >= 4 is 29.2 Å². The van der Waals surface area contributed by atoms with Crippen LogP contribution in [0.2, 0.25) is 10.0 Å². The van der Waals surface area contributed by atoms with Crippen LogP contribution in [-0.2, 0) is 4.74 Å². The Labute approximate surface area is 114 Å². The van der Waals surface area contributed by atoms with Crippen molar-refractivity contribution < 1.29 is 19.4 Å². The lowest BCUT2D eigenvalue weighted by molar-refractivity contribution is 0.0630. The molecule has 1 heterocycles. The summed E-state index contributed by atoms with van der Waals surface area (Å²) in [6, 6.07) is 2.78. The van der Waals surface area contributed by atoms with Gasteiger partial charge in [0.05, 0.1) is 11.1 Å². The van der Waals surface area contributed by atoms with E-state index in [1.54, 1.807) is 0 Å². The number of hydrogen-bond donors (Lipinski definition) is 1. The molecule has 98 valence electrons. The van der Waals surface area contributed by atoms with Crippen molar-refractivity contribution in [3.63, 3.8) is 0 Å². The Morgan fingerprint density at radius 3 is 2.89 bits per heavy atom. The second-order valence-electron chi connectivity index (χ2n) is 4.02. The Hall–Kier alpha value is -0.970. The largest absolute Gasteiger partial charge is 0.488 e. The van der Waals surface area contributed by atoms with Crippen LogP contribution >= 0.6 is 23.2 Å². The molecular weight excluding hydrogens is 279 g/mol. The Morgan fingerprint density at radius 2 is 2.28 bits per heavy atom. The number of aromatic carboxylic acids is 1. The second-order valence-corrected chi connectivity index (χ2v) is 4.86. The highest BCUT2D eigenvalue weighted by molar-refractivity contribution is 6.36. The van der Waals surface area contributed by atoms with Crippen LogP contribution in [0, 0.1) is 0 Å². The molecule has 1 N–H and O–H groups in total. The number of carboxylic acids is 1. The number of hydrogen-bond acceptors (Lipinski definition) is 3.